The number of carbonyl (C=O) groups is 1. The van der Waals surface area contributed by atoms with Crippen molar-refractivity contribution >= 4 is 14.1 Å². The fourth-order valence-corrected chi connectivity index (χ4v) is 10.9. The summed E-state index contributed by atoms with van der Waals surface area (Å²) in [6.45, 7) is 18.5. The Labute approximate surface area is 193 Å². The summed E-state index contributed by atoms with van der Waals surface area (Å²) in [4.78, 5) is 12.2. The molecule has 0 unspecified atom stereocenters. The largest absolute Gasteiger partial charge is 0.413 e. The zero-order valence-electron chi connectivity index (χ0n) is 21.4. The normalized spacial score (nSPS) is 27.4. The van der Waals surface area contributed by atoms with E-state index in [0.717, 1.165) is 24.8 Å². The summed E-state index contributed by atoms with van der Waals surface area (Å²) in [7, 11) is -1.99. The lowest BCUT2D eigenvalue weighted by molar-refractivity contribution is -0.118. The molecule has 0 fully saturated rings. The highest BCUT2D eigenvalue weighted by molar-refractivity contribution is 6.77. The van der Waals surface area contributed by atoms with Crippen LogP contribution in [-0.2, 0) is 9.22 Å². The quantitative estimate of drug-likeness (QED) is 0.337. The van der Waals surface area contributed by atoms with Crippen molar-refractivity contribution in [1.29, 1.82) is 0 Å². The second-order valence-corrected chi connectivity index (χ2v) is 15.7. The second kappa shape index (κ2) is 13.5. The van der Waals surface area contributed by atoms with Gasteiger partial charge in [0.05, 0.1) is 12.7 Å². The molecule has 0 saturated carbocycles. The number of carbonyl (C=O) groups excluding carboxylic acids is 1. The third-order valence-corrected chi connectivity index (χ3v) is 13.3. The van der Waals surface area contributed by atoms with E-state index in [1.807, 2.05) is 0 Å². The van der Waals surface area contributed by atoms with Crippen molar-refractivity contribution in [2.45, 2.75) is 117 Å². The molecule has 1 N–H and O–H groups in total. The van der Waals surface area contributed by atoms with Gasteiger partial charge >= 0.3 is 0 Å². The maximum Gasteiger partial charge on any atom is 0.200 e. The topological polar surface area (TPSA) is 46.5 Å². The standard InChI is InChI=1S/C27H48O3Si/c1-20(2)31(21(3)4,22(5)6)30-27-18-15-23(7)25(19-28)16-17-26(29)14-12-10-9-11-13-24(27)8/h9-11,13,20-22,24,27-28H,12,14-19H2,1-8H3/b10-9-,13-11+,25-23+/t24-,27-/m0/s1. The van der Waals surface area contributed by atoms with E-state index in [0.29, 0.717) is 41.8 Å². The molecule has 0 spiro atoms. The van der Waals surface area contributed by atoms with Crippen LogP contribution in [0, 0.1) is 5.92 Å². The van der Waals surface area contributed by atoms with Gasteiger partial charge in [0.25, 0.3) is 0 Å². The molecule has 1 aliphatic rings. The predicted molar refractivity (Wildman–Crippen MR) is 136 cm³/mol. The minimum absolute atomic E-state index is 0.0443. The van der Waals surface area contributed by atoms with Crippen LogP contribution < -0.4 is 0 Å². The summed E-state index contributed by atoms with van der Waals surface area (Å²) in [6, 6.07) is 0. The second-order valence-electron chi connectivity index (χ2n) is 10.3. The molecule has 0 aliphatic heterocycles. The molecule has 0 aromatic rings. The smallest absolute Gasteiger partial charge is 0.200 e. The summed E-state index contributed by atoms with van der Waals surface area (Å²) in [5.74, 6) is 0.586. The van der Waals surface area contributed by atoms with Crippen LogP contribution in [0.4, 0.5) is 0 Å². The Balaban J connectivity index is 3.27. The molecule has 0 amide bonds. The molecule has 31 heavy (non-hydrogen) atoms. The monoisotopic (exact) mass is 448 g/mol. The van der Waals surface area contributed by atoms with Gasteiger partial charge in [-0.05, 0) is 60.7 Å². The Hall–Kier alpha value is -0.973. The molecule has 0 radical (unpaired) electrons. The molecule has 0 bridgehead atoms. The lowest BCUT2D eigenvalue weighted by atomic mass is 9.94. The summed E-state index contributed by atoms with van der Waals surface area (Å²) in [6.07, 6.45) is 13.1. The van der Waals surface area contributed by atoms with E-state index in [4.69, 9.17) is 4.43 Å². The Kier molecular flexibility index (Phi) is 12.3. The molecule has 1 rings (SSSR count). The van der Waals surface area contributed by atoms with Gasteiger partial charge in [0.15, 0.2) is 0 Å². The van der Waals surface area contributed by atoms with Crippen LogP contribution in [0.15, 0.2) is 35.5 Å². The van der Waals surface area contributed by atoms with Crippen molar-refractivity contribution in [1.82, 2.24) is 0 Å². The maximum absolute atomic E-state index is 12.2. The predicted octanol–water partition coefficient (Wildman–Crippen LogP) is 7.53. The van der Waals surface area contributed by atoms with Gasteiger partial charge in [-0.3, -0.25) is 4.79 Å². The van der Waals surface area contributed by atoms with Gasteiger partial charge in [0, 0.05) is 12.8 Å². The highest BCUT2D eigenvalue weighted by atomic mass is 28.4. The zero-order valence-corrected chi connectivity index (χ0v) is 22.4. The fourth-order valence-electron chi connectivity index (χ4n) is 5.26. The van der Waals surface area contributed by atoms with E-state index >= 15 is 0 Å². The van der Waals surface area contributed by atoms with E-state index < -0.39 is 8.32 Å². The van der Waals surface area contributed by atoms with Crippen LogP contribution in [-0.4, -0.2) is 31.9 Å². The van der Waals surface area contributed by atoms with Crippen molar-refractivity contribution in [3.8, 4) is 0 Å². The number of hydrogen-bond donors (Lipinski definition) is 1. The number of aliphatic hydroxyl groups is 1. The van der Waals surface area contributed by atoms with Crippen LogP contribution in [0.5, 0.6) is 0 Å². The first-order chi connectivity index (χ1) is 14.6. The maximum atomic E-state index is 12.2. The number of Topliss-reactive ketones (excluding diaryl/α,β-unsaturated/α-hetero) is 1. The molecular formula is C27H48O3Si. The van der Waals surface area contributed by atoms with Gasteiger partial charge in [-0.25, -0.2) is 0 Å². The molecule has 0 saturated heterocycles. The lowest BCUT2D eigenvalue weighted by Crippen LogP contribution is -2.51. The van der Waals surface area contributed by atoms with Gasteiger partial charge < -0.3 is 9.53 Å². The van der Waals surface area contributed by atoms with Crippen LogP contribution in [0.25, 0.3) is 0 Å². The average molecular weight is 449 g/mol. The van der Waals surface area contributed by atoms with Crippen molar-refractivity contribution < 1.29 is 14.3 Å². The minimum atomic E-state index is -1.99. The van der Waals surface area contributed by atoms with Crippen molar-refractivity contribution in [3.05, 3.63) is 35.5 Å². The first kappa shape index (κ1) is 28.1. The van der Waals surface area contributed by atoms with Crippen LogP contribution in [0.3, 0.4) is 0 Å². The Morgan fingerprint density at radius 2 is 1.61 bits per heavy atom. The Morgan fingerprint density at radius 3 is 2.16 bits per heavy atom. The number of hydrogen-bond acceptors (Lipinski definition) is 3. The van der Waals surface area contributed by atoms with Gasteiger partial charge in [0.2, 0.25) is 8.32 Å². The van der Waals surface area contributed by atoms with Crippen LogP contribution in [0.2, 0.25) is 16.6 Å². The van der Waals surface area contributed by atoms with Crippen LogP contribution >= 0.6 is 0 Å². The molecule has 2 atom stereocenters. The number of rotatable bonds is 6. The summed E-state index contributed by atoms with van der Waals surface area (Å²) >= 11 is 0. The van der Waals surface area contributed by atoms with E-state index in [9.17, 15) is 9.90 Å². The molecular weight excluding hydrogens is 400 g/mol. The minimum Gasteiger partial charge on any atom is -0.413 e. The third-order valence-electron chi connectivity index (χ3n) is 7.20. The van der Waals surface area contributed by atoms with Gasteiger partial charge in [0.1, 0.15) is 5.78 Å². The third kappa shape index (κ3) is 8.14. The SMILES string of the molecule is C/C1=C(\CO)CCC(=O)CC/C=C\C=C\[C@H](C)[C@@H](O[Si](C(C)C)(C(C)C)C(C)C)CC1. The van der Waals surface area contributed by atoms with E-state index in [-0.39, 0.29) is 18.5 Å². The summed E-state index contributed by atoms with van der Waals surface area (Å²) < 4.78 is 7.22. The fraction of sp³-hybridized carbons (Fsp3) is 0.741. The molecule has 0 aromatic heterocycles. The van der Waals surface area contributed by atoms with Gasteiger partial charge in [-0.2, -0.15) is 0 Å². The number of allylic oxidation sites excluding steroid dienone is 4. The number of ketones is 1. The molecule has 3 nitrogen and oxygen atoms in total. The highest BCUT2D eigenvalue weighted by Crippen LogP contribution is 2.44. The Bertz CT molecular complexity index is 621. The van der Waals surface area contributed by atoms with Crippen molar-refractivity contribution in [2.75, 3.05) is 6.61 Å². The molecule has 178 valence electrons. The lowest BCUT2D eigenvalue weighted by Gasteiger charge is -2.45. The van der Waals surface area contributed by atoms with E-state index in [1.54, 1.807) is 0 Å². The molecule has 4 heteroatoms. The first-order valence-corrected chi connectivity index (χ1v) is 14.5. The van der Waals surface area contributed by atoms with E-state index in [1.165, 1.54) is 5.57 Å². The summed E-state index contributed by atoms with van der Waals surface area (Å²) in [5.41, 5.74) is 3.90. The molecule has 0 aromatic carbocycles. The van der Waals surface area contributed by atoms with Crippen molar-refractivity contribution in [3.63, 3.8) is 0 Å². The average Bonchev–Trinajstić information content (AvgIpc) is 2.69. The van der Waals surface area contributed by atoms with Crippen molar-refractivity contribution in [2.24, 2.45) is 5.92 Å². The van der Waals surface area contributed by atoms with Gasteiger partial charge in [-0.15, -0.1) is 0 Å². The first-order valence-electron chi connectivity index (χ1n) is 12.4. The Morgan fingerprint density at radius 1 is 1.00 bits per heavy atom. The molecule has 1 aliphatic carbocycles. The van der Waals surface area contributed by atoms with Crippen LogP contribution in [0.1, 0.15) is 93.9 Å². The number of aliphatic hydroxyl groups excluding tert-OH is 1. The molecule has 0 heterocycles. The summed E-state index contributed by atoms with van der Waals surface area (Å²) in [5, 5.41) is 9.90. The van der Waals surface area contributed by atoms with Gasteiger partial charge in [-0.1, -0.05) is 78.3 Å². The zero-order chi connectivity index (χ0) is 23.6. The highest BCUT2D eigenvalue weighted by Gasteiger charge is 2.47. The van der Waals surface area contributed by atoms with E-state index in [2.05, 4.69) is 79.7 Å².